The third-order valence-electron chi connectivity index (χ3n) is 1.67. The number of carbonyl (C=O) groups is 1. The van der Waals surface area contributed by atoms with Crippen LogP contribution in [0, 0.1) is 0 Å². The molecular weight excluding hydrogens is 198 g/mol. The van der Waals surface area contributed by atoms with Crippen LogP contribution in [0.3, 0.4) is 0 Å². The minimum atomic E-state index is -0.133. The molecule has 0 saturated heterocycles. The van der Waals surface area contributed by atoms with Crippen molar-refractivity contribution < 1.29 is 4.79 Å². The lowest BCUT2D eigenvalue weighted by molar-refractivity contribution is 0.240. The molecule has 4 nitrogen and oxygen atoms in total. The Kier molecular flexibility index (Phi) is 5.03. The van der Waals surface area contributed by atoms with Crippen molar-refractivity contribution in [2.45, 2.75) is 13.0 Å². The van der Waals surface area contributed by atoms with Crippen molar-refractivity contribution >= 4 is 17.4 Å². The second kappa shape index (κ2) is 6.39. The Labute approximate surface area is 87.5 Å². The SMILES string of the molecule is NCCCNC(=O)NCc1cccs1. The minimum Gasteiger partial charge on any atom is -0.338 e. The summed E-state index contributed by atoms with van der Waals surface area (Å²) in [5.74, 6) is 0. The van der Waals surface area contributed by atoms with Crippen LogP contribution in [0.5, 0.6) is 0 Å². The van der Waals surface area contributed by atoms with Crippen molar-refractivity contribution in [2.24, 2.45) is 5.73 Å². The van der Waals surface area contributed by atoms with Crippen LogP contribution in [-0.2, 0) is 6.54 Å². The summed E-state index contributed by atoms with van der Waals surface area (Å²) >= 11 is 1.63. The molecule has 1 heterocycles. The van der Waals surface area contributed by atoms with E-state index in [-0.39, 0.29) is 6.03 Å². The lowest BCUT2D eigenvalue weighted by Crippen LogP contribution is -2.35. The summed E-state index contributed by atoms with van der Waals surface area (Å²) in [7, 11) is 0. The van der Waals surface area contributed by atoms with Crippen LogP contribution in [0.25, 0.3) is 0 Å². The van der Waals surface area contributed by atoms with E-state index < -0.39 is 0 Å². The van der Waals surface area contributed by atoms with Crippen LogP contribution in [0.2, 0.25) is 0 Å². The fourth-order valence-corrected chi connectivity index (χ4v) is 1.59. The van der Waals surface area contributed by atoms with Crippen LogP contribution < -0.4 is 16.4 Å². The number of rotatable bonds is 5. The first-order chi connectivity index (χ1) is 6.83. The summed E-state index contributed by atoms with van der Waals surface area (Å²) in [5, 5.41) is 7.47. The molecule has 0 aliphatic carbocycles. The fourth-order valence-electron chi connectivity index (χ4n) is 0.947. The smallest absolute Gasteiger partial charge is 0.315 e. The zero-order valence-electron chi connectivity index (χ0n) is 7.95. The third-order valence-corrected chi connectivity index (χ3v) is 2.55. The van der Waals surface area contributed by atoms with Gasteiger partial charge in [0, 0.05) is 11.4 Å². The molecule has 0 unspecified atom stereocenters. The molecule has 0 bridgehead atoms. The van der Waals surface area contributed by atoms with E-state index in [1.54, 1.807) is 11.3 Å². The zero-order valence-corrected chi connectivity index (χ0v) is 8.77. The molecule has 1 rings (SSSR count). The number of hydrogen-bond donors (Lipinski definition) is 3. The Hall–Kier alpha value is -1.07. The van der Waals surface area contributed by atoms with Gasteiger partial charge in [0.1, 0.15) is 0 Å². The van der Waals surface area contributed by atoms with Crippen molar-refractivity contribution in [1.82, 2.24) is 10.6 Å². The molecule has 0 fully saturated rings. The molecule has 1 aromatic rings. The number of nitrogens with one attached hydrogen (secondary N) is 2. The second-order valence-electron chi connectivity index (χ2n) is 2.83. The summed E-state index contributed by atoms with van der Waals surface area (Å²) in [6.07, 6.45) is 0.812. The van der Waals surface area contributed by atoms with E-state index in [0.717, 1.165) is 11.3 Å². The van der Waals surface area contributed by atoms with Gasteiger partial charge in [-0.05, 0) is 24.4 Å². The van der Waals surface area contributed by atoms with E-state index in [9.17, 15) is 4.79 Å². The molecular formula is C9H15N3OS. The standard InChI is InChI=1S/C9H15N3OS/c10-4-2-5-11-9(13)12-7-8-3-1-6-14-8/h1,3,6H,2,4-5,7,10H2,(H2,11,12,13). The molecule has 0 spiro atoms. The third kappa shape index (κ3) is 4.25. The van der Waals surface area contributed by atoms with Gasteiger partial charge in [0.2, 0.25) is 0 Å². The number of carbonyl (C=O) groups excluding carboxylic acids is 1. The lowest BCUT2D eigenvalue weighted by atomic mass is 10.4. The number of hydrogen-bond acceptors (Lipinski definition) is 3. The largest absolute Gasteiger partial charge is 0.338 e. The van der Waals surface area contributed by atoms with Crippen molar-refractivity contribution in [3.63, 3.8) is 0 Å². The van der Waals surface area contributed by atoms with Gasteiger partial charge in [0.05, 0.1) is 6.54 Å². The average Bonchev–Trinajstić information content (AvgIpc) is 2.68. The molecule has 0 saturated carbocycles. The number of urea groups is 1. The number of amides is 2. The van der Waals surface area contributed by atoms with Gasteiger partial charge < -0.3 is 16.4 Å². The minimum absolute atomic E-state index is 0.133. The summed E-state index contributed by atoms with van der Waals surface area (Å²) in [6, 6.07) is 3.82. The van der Waals surface area contributed by atoms with Gasteiger partial charge >= 0.3 is 6.03 Å². The highest BCUT2D eigenvalue weighted by Gasteiger charge is 1.99. The molecule has 0 aliphatic rings. The van der Waals surface area contributed by atoms with Gasteiger partial charge in [0.25, 0.3) is 0 Å². The average molecular weight is 213 g/mol. The summed E-state index contributed by atoms with van der Waals surface area (Å²) in [5.41, 5.74) is 5.30. The monoisotopic (exact) mass is 213 g/mol. The van der Waals surface area contributed by atoms with Gasteiger partial charge in [-0.3, -0.25) is 0 Å². The Morgan fingerprint density at radius 2 is 2.36 bits per heavy atom. The Morgan fingerprint density at radius 3 is 3.00 bits per heavy atom. The molecule has 0 radical (unpaired) electrons. The van der Waals surface area contributed by atoms with E-state index in [4.69, 9.17) is 5.73 Å². The summed E-state index contributed by atoms with van der Waals surface area (Å²) in [4.78, 5) is 12.3. The molecule has 0 aromatic carbocycles. The summed E-state index contributed by atoms with van der Waals surface area (Å²) < 4.78 is 0. The predicted molar refractivity (Wildman–Crippen MR) is 58.2 cm³/mol. The first kappa shape index (κ1) is 11.0. The zero-order chi connectivity index (χ0) is 10.2. The molecule has 0 aliphatic heterocycles. The van der Waals surface area contributed by atoms with Crippen molar-refractivity contribution in [1.29, 1.82) is 0 Å². The lowest BCUT2D eigenvalue weighted by Gasteiger charge is -2.05. The molecule has 5 heteroatoms. The van der Waals surface area contributed by atoms with Crippen LogP contribution in [-0.4, -0.2) is 19.1 Å². The molecule has 2 amide bonds. The van der Waals surface area contributed by atoms with Gasteiger partial charge in [-0.1, -0.05) is 6.07 Å². The van der Waals surface area contributed by atoms with Crippen LogP contribution >= 0.6 is 11.3 Å². The highest BCUT2D eigenvalue weighted by atomic mass is 32.1. The van der Waals surface area contributed by atoms with Crippen LogP contribution in [0.15, 0.2) is 17.5 Å². The van der Waals surface area contributed by atoms with Gasteiger partial charge in [0.15, 0.2) is 0 Å². The molecule has 78 valence electrons. The summed E-state index contributed by atoms with van der Waals surface area (Å²) in [6.45, 7) is 1.82. The van der Waals surface area contributed by atoms with Crippen molar-refractivity contribution in [3.05, 3.63) is 22.4 Å². The number of thiophene rings is 1. The first-order valence-electron chi connectivity index (χ1n) is 4.57. The molecule has 4 N–H and O–H groups in total. The Bertz CT molecular complexity index is 261. The highest BCUT2D eigenvalue weighted by molar-refractivity contribution is 7.09. The fraction of sp³-hybridized carbons (Fsp3) is 0.444. The van der Waals surface area contributed by atoms with Crippen LogP contribution in [0.1, 0.15) is 11.3 Å². The van der Waals surface area contributed by atoms with Gasteiger partial charge in [-0.15, -0.1) is 11.3 Å². The highest BCUT2D eigenvalue weighted by Crippen LogP contribution is 2.06. The van der Waals surface area contributed by atoms with E-state index in [1.165, 1.54) is 0 Å². The maximum Gasteiger partial charge on any atom is 0.315 e. The van der Waals surface area contributed by atoms with Crippen molar-refractivity contribution in [2.75, 3.05) is 13.1 Å². The Morgan fingerprint density at radius 1 is 1.50 bits per heavy atom. The maximum atomic E-state index is 11.2. The Balaban J connectivity index is 2.09. The van der Waals surface area contributed by atoms with E-state index in [2.05, 4.69) is 10.6 Å². The predicted octanol–water partition coefficient (Wildman–Crippen LogP) is 0.896. The van der Waals surface area contributed by atoms with E-state index in [1.807, 2.05) is 17.5 Å². The maximum absolute atomic E-state index is 11.2. The number of nitrogens with two attached hydrogens (primary N) is 1. The van der Waals surface area contributed by atoms with Crippen LogP contribution in [0.4, 0.5) is 4.79 Å². The van der Waals surface area contributed by atoms with Gasteiger partial charge in [-0.2, -0.15) is 0 Å². The van der Waals surface area contributed by atoms with Gasteiger partial charge in [-0.25, -0.2) is 4.79 Å². The molecule has 0 atom stereocenters. The van der Waals surface area contributed by atoms with Crippen molar-refractivity contribution in [3.8, 4) is 0 Å². The van der Waals surface area contributed by atoms with E-state index >= 15 is 0 Å². The first-order valence-corrected chi connectivity index (χ1v) is 5.45. The normalized spacial score (nSPS) is 9.79. The quantitative estimate of drug-likeness (QED) is 0.636. The molecule has 1 aromatic heterocycles. The van der Waals surface area contributed by atoms with E-state index in [0.29, 0.717) is 19.6 Å². The topological polar surface area (TPSA) is 67.1 Å². The molecule has 14 heavy (non-hydrogen) atoms. The second-order valence-corrected chi connectivity index (χ2v) is 3.86.